The second-order valence-corrected chi connectivity index (χ2v) is 8.66. The first-order valence-corrected chi connectivity index (χ1v) is 9.70. The monoisotopic (exact) mass is 350 g/mol. The standard InChI is InChI=1S/C16H19FN4O2S/c17-11-1-4-15-14(9-11)16(19-10-18-15)20-12-5-7-21(8-6-12)24(22,23)13-2-3-13/h1,4,9-10,12-13H,2-3,5-8H2,(H,18,19,20). The SMILES string of the molecule is O=S(=O)(C1CC1)N1CCC(Nc2ncnc3ccc(F)cc23)CC1. The van der Waals surface area contributed by atoms with E-state index in [-0.39, 0.29) is 17.1 Å². The molecule has 1 aliphatic carbocycles. The minimum atomic E-state index is -3.10. The molecule has 2 heterocycles. The molecule has 1 saturated heterocycles. The topological polar surface area (TPSA) is 75.2 Å². The number of hydrogen-bond donors (Lipinski definition) is 1. The van der Waals surface area contributed by atoms with Gasteiger partial charge in [0, 0.05) is 24.5 Å². The number of nitrogens with one attached hydrogen (secondary N) is 1. The van der Waals surface area contributed by atoms with Crippen LogP contribution in [-0.4, -0.2) is 47.1 Å². The maximum absolute atomic E-state index is 13.5. The largest absolute Gasteiger partial charge is 0.367 e. The molecule has 2 fully saturated rings. The van der Waals surface area contributed by atoms with Crippen LogP contribution in [0, 0.1) is 5.82 Å². The Kier molecular flexibility index (Phi) is 3.88. The number of anilines is 1. The molecule has 8 heteroatoms. The van der Waals surface area contributed by atoms with Gasteiger partial charge in [-0.3, -0.25) is 0 Å². The molecule has 1 aliphatic heterocycles. The second-order valence-electron chi connectivity index (χ2n) is 6.45. The van der Waals surface area contributed by atoms with Gasteiger partial charge in [0.1, 0.15) is 18.0 Å². The summed E-state index contributed by atoms with van der Waals surface area (Å²) in [5.74, 6) is 0.272. The number of fused-ring (bicyclic) bond motifs is 1. The molecule has 1 aromatic heterocycles. The average Bonchev–Trinajstić information content (AvgIpc) is 3.41. The van der Waals surface area contributed by atoms with E-state index in [2.05, 4.69) is 15.3 Å². The van der Waals surface area contributed by atoms with Crippen LogP contribution < -0.4 is 5.32 Å². The van der Waals surface area contributed by atoms with Crippen LogP contribution in [0.25, 0.3) is 10.9 Å². The maximum atomic E-state index is 13.5. The lowest BCUT2D eigenvalue weighted by molar-refractivity contribution is 0.329. The van der Waals surface area contributed by atoms with Crippen LogP contribution in [0.5, 0.6) is 0 Å². The molecule has 4 rings (SSSR count). The predicted octanol–water partition coefficient (Wildman–Crippen LogP) is 2.14. The molecule has 0 spiro atoms. The van der Waals surface area contributed by atoms with E-state index in [1.165, 1.54) is 18.5 Å². The molecule has 0 bridgehead atoms. The maximum Gasteiger partial charge on any atom is 0.216 e. The smallest absolute Gasteiger partial charge is 0.216 e. The van der Waals surface area contributed by atoms with Crippen LogP contribution in [0.3, 0.4) is 0 Å². The molecule has 0 amide bonds. The number of hydrogen-bond acceptors (Lipinski definition) is 5. The summed E-state index contributed by atoms with van der Waals surface area (Å²) in [4.78, 5) is 8.37. The van der Waals surface area contributed by atoms with Crippen molar-refractivity contribution < 1.29 is 12.8 Å². The van der Waals surface area contributed by atoms with Gasteiger partial charge in [-0.15, -0.1) is 0 Å². The van der Waals surface area contributed by atoms with Crippen LogP contribution in [0.2, 0.25) is 0 Å². The normalized spacial score (nSPS) is 20.4. The molecule has 2 aromatic rings. The van der Waals surface area contributed by atoms with Crippen LogP contribution in [0.4, 0.5) is 10.2 Å². The van der Waals surface area contributed by atoms with Gasteiger partial charge in [-0.1, -0.05) is 0 Å². The summed E-state index contributed by atoms with van der Waals surface area (Å²) in [7, 11) is -3.10. The Morgan fingerprint density at radius 3 is 2.58 bits per heavy atom. The zero-order valence-electron chi connectivity index (χ0n) is 13.2. The lowest BCUT2D eigenvalue weighted by Gasteiger charge is -2.32. The van der Waals surface area contributed by atoms with Gasteiger partial charge in [0.2, 0.25) is 10.0 Å². The third-order valence-electron chi connectivity index (χ3n) is 4.70. The van der Waals surface area contributed by atoms with Gasteiger partial charge in [0.15, 0.2) is 0 Å². The molecule has 24 heavy (non-hydrogen) atoms. The van der Waals surface area contributed by atoms with E-state index >= 15 is 0 Å². The molecule has 2 aliphatic rings. The first-order valence-electron chi connectivity index (χ1n) is 8.20. The zero-order chi connectivity index (χ0) is 16.7. The van der Waals surface area contributed by atoms with Crippen LogP contribution in [0.15, 0.2) is 24.5 Å². The van der Waals surface area contributed by atoms with Crippen molar-refractivity contribution in [2.24, 2.45) is 0 Å². The Morgan fingerprint density at radius 1 is 1.12 bits per heavy atom. The Balaban J connectivity index is 1.47. The molecule has 128 valence electrons. The fourth-order valence-corrected chi connectivity index (χ4v) is 5.04. The molecular weight excluding hydrogens is 331 g/mol. The minimum Gasteiger partial charge on any atom is -0.367 e. The molecule has 1 N–H and O–H groups in total. The lowest BCUT2D eigenvalue weighted by atomic mass is 10.1. The highest BCUT2D eigenvalue weighted by Gasteiger charge is 2.41. The molecule has 0 radical (unpaired) electrons. The van der Waals surface area contributed by atoms with Gasteiger partial charge in [0.25, 0.3) is 0 Å². The number of rotatable bonds is 4. The van der Waals surface area contributed by atoms with Crippen LogP contribution in [-0.2, 0) is 10.0 Å². The van der Waals surface area contributed by atoms with Crippen molar-refractivity contribution >= 4 is 26.7 Å². The molecule has 6 nitrogen and oxygen atoms in total. The Bertz CT molecular complexity index is 862. The summed E-state index contributed by atoms with van der Waals surface area (Å²) in [5, 5.41) is 3.82. The molecular formula is C16H19FN4O2S. The van der Waals surface area contributed by atoms with Crippen molar-refractivity contribution in [3.05, 3.63) is 30.3 Å². The summed E-state index contributed by atoms with van der Waals surface area (Å²) in [5.41, 5.74) is 0.683. The molecule has 1 saturated carbocycles. The van der Waals surface area contributed by atoms with Crippen molar-refractivity contribution in [2.45, 2.75) is 37.0 Å². The van der Waals surface area contributed by atoms with Gasteiger partial charge >= 0.3 is 0 Å². The molecule has 1 aromatic carbocycles. The Hall–Kier alpha value is -1.80. The number of aromatic nitrogens is 2. The highest BCUT2D eigenvalue weighted by atomic mass is 32.2. The number of nitrogens with zero attached hydrogens (tertiary/aromatic N) is 3. The summed E-state index contributed by atoms with van der Waals surface area (Å²) in [6, 6.07) is 4.55. The van der Waals surface area contributed by atoms with Crippen molar-refractivity contribution in [3.8, 4) is 0 Å². The zero-order valence-corrected chi connectivity index (χ0v) is 14.0. The van der Waals surface area contributed by atoms with Crippen molar-refractivity contribution in [1.82, 2.24) is 14.3 Å². The van der Waals surface area contributed by atoms with Crippen LogP contribution >= 0.6 is 0 Å². The summed E-state index contributed by atoms with van der Waals surface area (Å²) in [6.45, 7) is 1.04. The second kappa shape index (κ2) is 5.93. The minimum absolute atomic E-state index is 0.122. The predicted molar refractivity (Wildman–Crippen MR) is 89.7 cm³/mol. The number of halogens is 1. The summed E-state index contributed by atoms with van der Waals surface area (Å²) in [6.07, 6.45) is 4.47. The fourth-order valence-electron chi connectivity index (χ4n) is 3.17. The third-order valence-corrected chi connectivity index (χ3v) is 7.10. The first-order chi connectivity index (χ1) is 11.5. The summed E-state index contributed by atoms with van der Waals surface area (Å²) < 4.78 is 39.7. The van der Waals surface area contributed by atoms with E-state index in [1.807, 2.05) is 0 Å². The number of piperidine rings is 1. The molecule has 0 unspecified atom stereocenters. The fraction of sp³-hybridized carbons (Fsp3) is 0.500. The molecule has 0 atom stereocenters. The van der Waals surface area contributed by atoms with Crippen LogP contribution in [0.1, 0.15) is 25.7 Å². The Labute approximate surface area is 140 Å². The summed E-state index contributed by atoms with van der Waals surface area (Å²) >= 11 is 0. The Morgan fingerprint density at radius 2 is 1.88 bits per heavy atom. The third kappa shape index (κ3) is 2.95. The van der Waals surface area contributed by atoms with E-state index in [0.717, 1.165) is 12.8 Å². The van der Waals surface area contributed by atoms with E-state index in [1.54, 1.807) is 10.4 Å². The first kappa shape index (κ1) is 15.7. The van der Waals surface area contributed by atoms with Crippen molar-refractivity contribution in [3.63, 3.8) is 0 Å². The van der Waals surface area contributed by atoms with Gasteiger partial charge in [-0.2, -0.15) is 0 Å². The lowest BCUT2D eigenvalue weighted by Crippen LogP contribution is -2.43. The van der Waals surface area contributed by atoms with E-state index < -0.39 is 10.0 Å². The number of benzene rings is 1. The number of sulfonamides is 1. The van der Waals surface area contributed by atoms with Gasteiger partial charge in [0.05, 0.1) is 10.8 Å². The van der Waals surface area contributed by atoms with Crippen molar-refractivity contribution in [2.75, 3.05) is 18.4 Å². The van der Waals surface area contributed by atoms with E-state index in [0.29, 0.717) is 42.7 Å². The highest BCUT2D eigenvalue weighted by Crippen LogP contribution is 2.32. The highest BCUT2D eigenvalue weighted by molar-refractivity contribution is 7.90. The van der Waals surface area contributed by atoms with Gasteiger partial charge < -0.3 is 5.32 Å². The van der Waals surface area contributed by atoms with E-state index in [4.69, 9.17) is 0 Å². The quantitative estimate of drug-likeness (QED) is 0.914. The van der Waals surface area contributed by atoms with Gasteiger partial charge in [-0.05, 0) is 43.9 Å². The van der Waals surface area contributed by atoms with Crippen molar-refractivity contribution in [1.29, 1.82) is 0 Å². The average molecular weight is 350 g/mol. The van der Waals surface area contributed by atoms with E-state index in [9.17, 15) is 12.8 Å². The van der Waals surface area contributed by atoms with Gasteiger partial charge in [-0.25, -0.2) is 27.1 Å².